The normalized spacial score (nSPS) is 13.1. The van der Waals surface area contributed by atoms with E-state index in [1.807, 2.05) is 56.5 Å². The number of rotatable bonds is 5. The number of H-pyrrole nitrogens is 1. The van der Waals surface area contributed by atoms with E-state index in [9.17, 15) is 4.79 Å². The highest BCUT2D eigenvalue weighted by atomic mass is 16.5. The minimum absolute atomic E-state index is 0.254. The third-order valence-corrected chi connectivity index (χ3v) is 6.65. The molecule has 1 aromatic carbocycles. The van der Waals surface area contributed by atoms with E-state index in [4.69, 9.17) is 14.7 Å². The van der Waals surface area contributed by atoms with E-state index >= 15 is 0 Å². The van der Waals surface area contributed by atoms with Crippen molar-refractivity contribution in [1.29, 1.82) is 0 Å². The SMILES string of the molecule is C=CC(=O)Nc1ccc(-c2cc3c(c4c5c([nH]cnc=5n2C)=NC4)CC=C(Oc2nccc(C)n2)C=3)cc1. The minimum Gasteiger partial charge on any atom is -0.425 e. The zero-order valence-corrected chi connectivity index (χ0v) is 21.0. The lowest BCUT2D eigenvalue weighted by atomic mass is 9.97. The predicted octanol–water partition coefficient (Wildman–Crippen LogP) is 2.92. The summed E-state index contributed by atoms with van der Waals surface area (Å²) in [7, 11) is 2.00. The quantitative estimate of drug-likeness (QED) is 0.407. The summed E-state index contributed by atoms with van der Waals surface area (Å²) in [6, 6.07) is 12.0. The summed E-state index contributed by atoms with van der Waals surface area (Å²) in [6.07, 6.45) is 9.36. The first kappa shape index (κ1) is 23.4. The number of aromatic nitrogens is 5. The molecule has 0 bridgehead atoms. The number of anilines is 1. The molecule has 9 nitrogen and oxygen atoms in total. The van der Waals surface area contributed by atoms with Gasteiger partial charge < -0.3 is 19.6 Å². The number of benzene rings is 1. The lowest BCUT2D eigenvalue weighted by molar-refractivity contribution is -0.111. The first-order chi connectivity index (χ1) is 18.5. The van der Waals surface area contributed by atoms with Gasteiger partial charge in [0.25, 0.3) is 0 Å². The lowest BCUT2D eigenvalue weighted by Gasteiger charge is -2.15. The Morgan fingerprint density at radius 3 is 2.82 bits per heavy atom. The fourth-order valence-corrected chi connectivity index (χ4v) is 4.79. The number of aromatic amines is 1. The van der Waals surface area contributed by atoms with Gasteiger partial charge in [-0.2, -0.15) is 0 Å². The Hall–Kier alpha value is -5.05. The Labute approximate surface area is 218 Å². The fraction of sp³-hybridized carbons (Fsp3) is 0.138. The second kappa shape index (κ2) is 9.44. The Morgan fingerprint density at radius 2 is 2.03 bits per heavy atom. The standard InChI is InChI=1S/C29H25N7O2/c1-4-25(37)35-20-7-5-18(6-8-20)24-14-19-13-21(38-29-30-12-11-17(2)34-29)9-10-22(19)23-15-31-27-26(23)28(36(24)3)33-16-32-27/h4-9,11-14,16H,1,10,15H2,2-3H3,(H,35,37)(H,31,32,33). The highest BCUT2D eigenvalue weighted by molar-refractivity contribution is 5.98. The number of carbonyl (C=O) groups excluding carboxylic acids is 1. The molecule has 1 aromatic heterocycles. The fourth-order valence-electron chi connectivity index (χ4n) is 4.79. The van der Waals surface area contributed by atoms with Gasteiger partial charge in [0.1, 0.15) is 16.7 Å². The number of hydrogen-bond acceptors (Lipinski definition) is 6. The van der Waals surface area contributed by atoms with Gasteiger partial charge in [0.15, 0.2) is 0 Å². The van der Waals surface area contributed by atoms with Gasteiger partial charge in [-0.15, -0.1) is 0 Å². The van der Waals surface area contributed by atoms with Gasteiger partial charge in [-0.05, 0) is 77.7 Å². The van der Waals surface area contributed by atoms with Crippen LogP contribution >= 0.6 is 0 Å². The maximum Gasteiger partial charge on any atom is 0.322 e. The maximum absolute atomic E-state index is 11.7. The average Bonchev–Trinajstić information content (AvgIpc) is 3.35. The van der Waals surface area contributed by atoms with Gasteiger partial charge in [0, 0.05) is 30.3 Å². The van der Waals surface area contributed by atoms with Crippen molar-refractivity contribution in [1.82, 2.24) is 24.5 Å². The minimum atomic E-state index is -0.254. The summed E-state index contributed by atoms with van der Waals surface area (Å²) in [5.41, 5.74) is 7.41. The first-order valence-corrected chi connectivity index (χ1v) is 12.2. The number of nitrogens with one attached hydrogen (secondary N) is 2. The van der Waals surface area contributed by atoms with Crippen LogP contribution in [0.1, 0.15) is 16.8 Å². The van der Waals surface area contributed by atoms with E-state index in [0.717, 1.165) is 43.9 Å². The van der Waals surface area contributed by atoms with Crippen LogP contribution in [0.5, 0.6) is 6.01 Å². The molecule has 0 unspecified atom stereocenters. The van der Waals surface area contributed by atoms with Gasteiger partial charge in [0.2, 0.25) is 5.91 Å². The van der Waals surface area contributed by atoms with Gasteiger partial charge >= 0.3 is 6.01 Å². The van der Waals surface area contributed by atoms with Crippen LogP contribution < -0.4 is 20.8 Å². The van der Waals surface area contributed by atoms with Crippen LogP contribution in [0, 0.1) is 17.6 Å². The molecule has 0 spiro atoms. The van der Waals surface area contributed by atoms with E-state index in [1.165, 1.54) is 11.6 Å². The first-order valence-electron chi connectivity index (χ1n) is 12.2. The predicted molar refractivity (Wildman–Crippen MR) is 143 cm³/mol. The summed E-state index contributed by atoms with van der Waals surface area (Å²) in [5, 5.41) is 4.83. The summed E-state index contributed by atoms with van der Waals surface area (Å²) < 4.78 is 8.12. The van der Waals surface area contributed by atoms with Crippen molar-refractivity contribution < 1.29 is 9.53 Å². The number of amides is 1. The third-order valence-electron chi connectivity index (χ3n) is 6.65. The third kappa shape index (κ3) is 4.24. The van der Waals surface area contributed by atoms with Gasteiger partial charge in [-0.3, -0.25) is 9.79 Å². The Kier molecular flexibility index (Phi) is 5.80. The van der Waals surface area contributed by atoms with Crippen LogP contribution in [0.2, 0.25) is 0 Å². The zero-order chi connectivity index (χ0) is 26.2. The molecule has 6 rings (SSSR count). The molecule has 1 aliphatic carbocycles. The van der Waals surface area contributed by atoms with Gasteiger partial charge in [-0.25, -0.2) is 15.0 Å². The molecule has 2 aromatic rings. The molecule has 2 N–H and O–H groups in total. The van der Waals surface area contributed by atoms with Crippen molar-refractivity contribution in [3.05, 3.63) is 112 Å². The van der Waals surface area contributed by atoms with Crippen molar-refractivity contribution in [2.75, 3.05) is 5.32 Å². The second-order valence-electron chi connectivity index (χ2n) is 9.08. The van der Waals surface area contributed by atoms with Gasteiger partial charge in [-0.1, -0.05) is 18.7 Å². The summed E-state index contributed by atoms with van der Waals surface area (Å²) in [4.78, 5) is 33.0. The molecule has 3 aliphatic heterocycles. The van der Waals surface area contributed by atoms with Crippen molar-refractivity contribution in [2.24, 2.45) is 12.0 Å². The van der Waals surface area contributed by atoms with E-state index < -0.39 is 0 Å². The average molecular weight is 504 g/mol. The topological polar surface area (TPSA) is 110 Å². The molecule has 0 saturated heterocycles. The van der Waals surface area contributed by atoms with Gasteiger partial charge in [0.05, 0.1) is 18.1 Å². The number of allylic oxidation sites excluding steroid dienone is 2. The van der Waals surface area contributed by atoms with E-state index in [-0.39, 0.29) is 5.91 Å². The van der Waals surface area contributed by atoms with Crippen molar-refractivity contribution >= 4 is 17.7 Å². The van der Waals surface area contributed by atoms with Crippen LogP contribution in [0.25, 0.3) is 17.3 Å². The summed E-state index contributed by atoms with van der Waals surface area (Å²) in [6.45, 7) is 6.00. The Morgan fingerprint density at radius 1 is 1.18 bits per heavy atom. The van der Waals surface area contributed by atoms with Crippen molar-refractivity contribution in [2.45, 2.75) is 19.9 Å². The smallest absolute Gasteiger partial charge is 0.322 e. The molecule has 0 atom stereocenters. The highest BCUT2D eigenvalue weighted by Gasteiger charge is 2.17. The molecular formula is C29H25N7O2. The molecule has 38 heavy (non-hydrogen) atoms. The maximum atomic E-state index is 11.7. The number of fused-ring (bicyclic) bond motifs is 2. The summed E-state index contributed by atoms with van der Waals surface area (Å²) >= 11 is 0. The van der Waals surface area contributed by atoms with Crippen molar-refractivity contribution in [3.63, 3.8) is 0 Å². The molecular weight excluding hydrogens is 478 g/mol. The van der Waals surface area contributed by atoms with E-state index in [2.05, 4.69) is 37.5 Å². The second-order valence-corrected chi connectivity index (χ2v) is 9.08. The molecule has 188 valence electrons. The molecule has 1 amide bonds. The zero-order valence-electron chi connectivity index (χ0n) is 21.0. The van der Waals surface area contributed by atoms with Crippen LogP contribution in [0.3, 0.4) is 0 Å². The lowest BCUT2D eigenvalue weighted by Crippen LogP contribution is -2.20. The summed E-state index contributed by atoms with van der Waals surface area (Å²) in [5.74, 6) is 0.431. The number of nitrogens with zero attached hydrogens (tertiary/aromatic N) is 5. The number of aryl methyl sites for hydroxylation is 1. The Bertz CT molecular complexity index is 1880. The van der Waals surface area contributed by atoms with E-state index in [0.29, 0.717) is 30.4 Å². The van der Waals surface area contributed by atoms with Crippen LogP contribution in [0.15, 0.2) is 78.4 Å². The largest absolute Gasteiger partial charge is 0.425 e. The monoisotopic (exact) mass is 503 g/mol. The van der Waals surface area contributed by atoms with E-state index in [1.54, 1.807) is 12.5 Å². The van der Waals surface area contributed by atoms with Crippen molar-refractivity contribution in [3.8, 4) is 17.3 Å². The molecule has 0 saturated carbocycles. The number of hydrogen-bond donors (Lipinski definition) is 2. The van der Waals surface area contributed by atoms with Crippen LogP contribution in [-0.4, -0.2) is 30.4 Å². The molecule has 0 radical (unpaired) electrons. The van der Waals surface area contributed by atoms with Crippen LogP contribution in [-0.2, 0) is 24.8 Å². The molecule has 9 heteroatoms. The Balaban J connectivity index is 1.57. The van der Waals surface area contributed by atoms with Crippen LogP contribution in [0.4, 0.5) is 5.69 Å². The molecule has 0 fully saturated rings. The molecule has 4 aliphatic rings. The number of carbonyl (C=O) groups is 1. The highest BCUT2D eigenvalue weighted by Crippen LogP contribution is 2.23. The molecule has 4 heterocycles. The number of ether oxygens (including phenoxy) is 1.